The maximum atomic E-state index is 13.3. The van der Waals surface area contributed by atoms with E-state index in [1.54, 1.807) is 28.8 Å². The summed E-state index contributed by atoms with van der Waals surface area (Å²) in [6.45, 7) is 0.741. The van der Waals surface area contributed by atoms with Crippen LogP contribution in [0.1, 0.15) is 28.8 Å². The summed E-state index contributed by atoms with van der Waals surface area (Å²) in [6.07, 6.45) is -0.125. The summed E-state index contributed by atoms with van der Waals surface area (Å²) in [5.41, 5.74) is 7.94. The first-order chi connectivity index (χ1) is 14.4. The average Bonchev–Trinajstić information content (AvgIpc) is 3.00. The van der Waals surface area contributed by atoms with Gasteiger partial charge in [-0.25, -0.2) is 0 Å². The molecule has 0 unspecified atom stereocenters. The molecule has 31 heavy (non-hydrogen) atoms. The standard InChI is InChI=1S/C22H19N3O5.ClH/c23-8-3-9-25-20-14-4-1-2-5-15(14)21(29)19(20)13-7-6-12(10-16(13)22(25)30)24-17(26)11-18(27)28;/h1-2,4-7,10H,3,8-9,11,23H2,(H,24,26)(H,27,28);1H. The Morgan fingerprint density at radius 2 is 1.74 bits per heavy atom. The number of rotatable bonds is 6. The minimum absolute atomic E-state index is 0. The molecule has 8 nitrogen and oxygen atoms in total. The summed E-state index contributed by atoms with van der Waals surface area (Å²) < 4.78 is 1.57. The molecule has 0 saturated heterocycles. The SMILES string of the molecule is Cl.NCCCn1c2c(c3ccc(NC(=O)CC(=O)O)cc3c1=O)C(=O)c1ccccc1-2. The Balaban J connectivity index is 0.00000272. The lowest BCUT2D eigenvalue weighted by Gasteiger charge is -2.15. The molecule has 0 fully saturated rings. The molecule has 1 aliphatic rings. The Morgan fingerprint density at radius 1 is 1.03 bits per heavy atom. The molecule has 1 aromatic heterocycles. The Morgan fingerprint density at radius 3 is 2.42 bits per heavy atom. The fraction of sp³-hybridized carbons (Fsp3) is 0.182. The number of carbonyl (C=O) groups excluding carboxylic acids is 2. The Hall–Kier alpha value is -3.49. The number of hydrogen-bond acceptors (Lipinski definition) is 5. The highest BCUT2D eigenvalue weighted by Crippen LogP contribution is 2.39. The molecule has 3 aromatic rings. The van der Waals surface area contributed by atoms with Crippen molar-refractivity contribution in [1.29, 1.82) is 0 Å². The van der Waals surface area contributed by atoms with Crippen LogP contribution in [-0.4, -0.2) is 33.9 Å². The molecule has 0 spiro atoms. The number of nitrogens with one attached hydrogen (secondary N) is 1. The summed E-state index contributed by atoms with van der Waals surface area (Å²) >= 11 is 0. The van der Waals surface area contributed by atoms with Crippen LogP contribution >= 0.6 is 12.4 Å². The molecule has 0 atom stereocenters. The smallest absolute Gasteiger partial charge is 0.312 e. The first-order valence-corrected chi connectivity index (χ1v) is 9.48. The summed E-state index contributed by atoms with van der Waals surface area (Å²) in [4.78, 5) is 49.0. The van der Waals surface area contributed by atoms with E-state index in [4.69, 9.17) is 10.8 Å². The van der Waals surface area contributed by atoms with Crippen LogP contribution in [0.25, 0.3) is 22.0 Å². The van der Waals surface area contributed by atoms with Crippen molar-refractivity contribution in [3.63, 3.8) is 0 Å². The van der Waals surface area contributed by atoms with E-state index >= 15 is 0 Å². The van der Waals surface area contributed by atoms with Crippen molar-refractivity contribution >= 4 is 46.5 Å². The highest BCUT2D eigenvalue weighted by molar-refractivity contribution is 6.26. The summed E-state index contributed by atoms with van der Waals surface area (Å²) in [7, 11) is 0. The van der Waals surface area contributed by atoms with Crippen LogP contribution in [-0.2, 0) is 16.1 Å². The van der Waals surface area contributed by atoms with Crippen LogP contribution in [0.5, 0.6) is 0 Å². The Kier molecular flexibility index (Phi) is 6.24. The van der Waals surface area contributed by atoms with Gasteiger partial charge in [-0.2, -0.15) is 0 Å². The third-order valence-electron chi connectivity index (χ3n) is 5.11. The molecule has 4 N–H and O–H groups in total. The molecule has 2 aromatic carbocycles. The number of halogens is 1. The van der Waals surface area contributed by atoms with Gasteiger partial charge in [0.15, 0.2) is 5.78 Å². The molecule has 1 amide bonds. The minimum atomic E-state index is -1.25. The van der Waals surface area contributed by atoms with E-state index in [1.165, 1.54) is 6.07 Å². The molecule has 160 valence electrons. The first kappa shape index (κ1) is 22.2. The third-order valence-corrected chi connectivity index (χ3v) is 5.11. The van der Waals surface area contributed by atoms with Crippen LogP contribution in [0.4, 0.5) is 5.69 Å². The Labute approximate surface area is 183 Å². The number of carboxylic acids is 1. The number of nitrogens with zero attached hydrogens (tertiary/aromatic N) is 1. The van der Waals surface area contributed by atoms with Gasteiger partial charge in [0.1, 0.15) is 6.42 Å². The van der Waals surface area contributed by atoms with E-state index in [2.05, 4.69) is 5.32 Å². The number of amides is 1. The number of carbonyl (C=O) groups is 3. The lowest BCUT2D eigenvalue weighted by molar-refractivity contribution is -0.139. The number of carboxylic acid groups (broad SMARTS) is 1. The van der Waals surface area contributed by atoms with Gasteiger partial charge in [0.05, 0.1) is 16.6 Å². The van der Waals surface area contributed by atoms with Crippen LogP contribution in [0.3, 0.4) is 0 Å². The van der Waals surface area contributed by atoms with Crippen LogP contribution in [0.15, 0.2) is 47.3 Å². The van der Waals surface area contributed by atoms with Crippen molar-refractivity contribution in [2.24, 2.45) is 5.73 Å². The fourth-order valence-corrected chi connectivity index (χ4v) is 3.86. The van der Waals surface area contributed by atoms with E-state index in [-0.39, 0.29) is 29.1 Å². The highest BCUT2D eigenvalue weighted by atomic mass is 35.5. The largest absolute Gasteiger partial charge is 0.481 e. The van der Waals surface area contributed by atoms with Gasteiger partial charge in [0.25, 0.3) is 5.56 Å². The molecule has 1 aliphatic carbocycles. The first-order valence-electron chi connectivity index (χ1n) is 9.48. The molecular formula is C22H20ClN3O5. The summed E-state index contributed by atoms with van der Waals surface area (Å²) in [6, 6.07) is 11.8. The van der Waals surface area contributed by atoms with Gasteiger partial charge in [-0.1, -0.05) is 30.3 Å². The predicted molar refractivity (Wildman–Crippen MR) is 119 cm³/mol. The molecule has 9 heteroatoms. The number of ketones is 1. The molecule has 0 saturated carbocycles. The number of aliphatic carboxylic acids is 1. The molecule has 0 radical (unpaired) electrons. The minimum Gasteiger partial charge on any atom is -0.481 e. The normalized spacial score (nSPS) is 11.6. The maximum absolute atomic E-state index is 13.3. The zero-order valence-electron chi connectivity index (χ0n) is 16.4. The van der Waals surface area contributed by atoms with Crippen molar-refractivity contribution in [1.82, 2.24) is 4.57 Å². The third kappa shape index (κ3) is 3.83. The zero-order chi connectivity index (χ0) is 21.4. The summed E-state index contributed by atoms with van der Waals surface area (Å²) in [5, 5.41) is 12.0. The number of pyridine rings is 1. The van der Waals surface area contributed by atoms with Crippen molar-refractivity contribution in [2.45, 2.75) is 19.4 Å². The van der Waals surface area contributed by atoms with Gasteiger partial charge in [-0.05, 0) is 25.1 Å². The number of hydrogen-bond donors (Lipinski definition) is 3. The van der Waals surface area contributed by atoms with E-state index in [0.717, 1.165) is 0 Å². The number of anilines is 1. The number of nitrogens with two attached hydrogens (primary N) is 1. The predicted octanol–water partition coefficient (Wildman–Crippen LogP) is 2.40. The molecule has 1 heterocycles. The van der Waals surface area contributed by atoms with E-state index in [1.807, 2.05) is 12.1 Å². The van der Waals surface area contributed by atoms with Crippen molar-refractivity contribution in [2.75, 3.05) is 11.9 Å². The topological polar surface area (TPSA) is 131 Å². The second kappa shape index (κ2) is 8.71. The fourth-order valence-electron chi connectivity index (χ4n) is 3.86. The molecule has 0 bridgehead atoms. The van der Waals surface area contributed by atoms with Crippen LogP contribution in [0, 0.1) is 0 Å². The average molecular weight is 442 g/mol. The van der Waals surface area contributed by atoms with Crippen LogP contribution < -0.4 is 16.6 Å². The van der Waals surface area contributed by atoms with E-state index in [0.29, 0.717) is 53.0 Å². The zero-order valence-corrected chi connectivity index (χ0v) is 17.2. The van der Waals surface area contributed by atoms with Crippen molar-refractivity contribution in [3.05, 3.63) is 63.9 Å². The lowest BCUT2D eigenvalue weighted by atomic mass is 10.0. The molecule has 4 rings (SSSR count). The lowest BCUT2D eigenvalue weighted by Crippen LogP contribution is -2.25. The van der Waals surface area contributed by atoms with Gasteiger partial charge in [0, 0.05) is 28.7 Å². The van der Waals surface area contributed by atoms with Gasteiger partial charge >= 0.3 is 5.97 Å². The van der Waals surface area contributed by atoms with Gasteiger partial charge in [-0.15, -0.1) is 12.4 Å². The second-order valence-corrected chi connectivity index (χ2v) is 7.08. The number of aromatic nitrogens is 1. The van der Waals surface area contributed by atoms with E-state index in [9.17, 15) is 19.2 Å². The van der Waals surface area contributed by atoms with Gasteiger partial charge in [-0.3, -0.25) is 19.2 Å². The van der Waals surface area contributed by atoms with Gasteiger partial charge in [0.2, 0.25) is 5.91 Å². The molecule has 0 aliphatic heterocycles. The van der Waals surface area contributed by atoms with Crippen LogP contribution in [0.2, 0.25) is 0 Å². The number of fused-ring (bicyclic) bond motifs is 5. The quantitative estimate of drug-likeness (QED) is 0.394. The van der Waals surface area contributed by atoms with Gasteiger partial charge < -0.3 is 20.7 Å². The molecular weight excluding hydrogens is 422 g/mol. The Bertz CT molecular complexity index is 1280. The monoisotopic (exact) mass is 441 g/mol. The van der Waals surface area contributed by atoms with E-state index < -0.39 is 18.3 Å². The highest BCUT2D eigenvalue weighted by Gasteiger charge is 2.32. The summed E-state index contributed by atoms with van der Waals surface area (Å²) in [5.74, 6) is -2.11. The van der Waals surface area contributed by atoms with Crippen molar-refractivity contribution in [3.8, 4) is 11.3 Å². The second-order valence-electron chi connectivity index (χ2n) is 7.08. The number of benzene rings is 2. The van der Waals surface area contributed by atoms with Crippen molar-refractivity contribution < 1.29 is 19.5 Å². The maximum Gasteiger partial charge on any atom is 0.312 e.